The number of rotatable bonds is 7. The Morgan fingerprint density at radius 2 is 2.00 bits per heavy atom. The van der Waals surface area contributed by atoms with Crippen LogP contribution in [0.25, 0.3) is 0 Å². The Bertz CT molecular complexity index is 1100. The molecule has 0 radical (unpaired) electrons. The first-order valence-electron chi connectivity index (χ1n) is 9.37. The predicted octanol–water partition coefficient (Wildman–Crippen LogP) is 4.23. The number of aromatic nitrogens is 1. The van der Waals surface area contributed by atoms with Gasteiger partial charge in [-0.05, 0) is 52.7 Å². The first-order valence-corrected chi connectivity index (χ1v) is 10.7. The fourth-order valence-electron chi connectivity index (χ4n) is 3.09. The van der Waals surface area contributed by atoms with E-state index in [0.717, 1.165) is 5.56 Å². The maximum atomic E-state index is 13.1. The molecule has 0 saturated heterocycles. The normalized spacial score (nSPS) is 15.8. The van der Waals surface area contributed by atoms with E-state index in [9.17, 15) is 9.59 Å². The highest BCUT2D eigenvalue weighted by molar-refractivity contribution is 7.07. The van der Waals surface area contributed by atoms with E-state index >= 15 is 0 Å². The van der Waals surface area contributed by atoms with Crippen molar-refractivity contribution in [1.82, 2.24) is 15.6 Å². The molecule has 1 unspecified atom stereocenters. The van der Waals surface area contributed by atoms with Crippen molar-refractivity contribution in [3.63, 3.8) is 0 Å². The van der Waals surface area contributed by atoms with Crippen molar-refractivity contribution in [3.8, 4) is 5.75 Å². The summed E-state index contributed by atoms with van der Waals surface area (Å²) in [4.78, 5) is 29.4. The van der Waals surface area contributed by atoms with Gasteiger partial charge in [0.1, 0.15) is 19.0 Å². The largest absolute Gasteiger partial charge is 0.487 e. The third kappa shape index (κ3) is 5.22. The van der Waals surface area contributed by atoms with Crippen molar-refractivity contribution in [1.29, 1.82) is 0 Å². The minimum atomic E-state index is -0.704. The number of halogens is 1. The SMILES string of the molecule is O=C1NC(COc2cccc(Cl)c2)=C(C(=O)OCc2ccsc2)C(c2ccncc2)N1. The molecule has 0 saturated carbocycles. The number of esters is 1. The summed E-state index contributed by atoms with van der Waals surface area (Å²) < 4.78 is 11.3. The van der Waals surface area contributed by atoms with E-state index in [1.807, 2.05) is 16.8 Å². The summed E-state index contributed by atoms with van der Waals surface area (Å²) in [5.74, 6) is -0.0376. The second-order valence-corrected chi connectivity index (χ2v) is 7.87. The van der Waals surface area contributed by atoms with Gasteiger partial charge >= 0.3 is 12.0 Å². The molecule has 1 aromatic carbocycles. The van der Waals surface area contributed by atoms with Crippen molar-refractivity contribution in [3.05, 3.63) is 93.0 Å². The topological polar surface area (TPSA) is 89.5 Å². The Kier molecular flexibility index (Phi) is 6.49. The number of benzene rings is 1. The number of thiophene rings is 1. The van der Waals surface area contributed by atoms with Crippen molar-refractivity contribution in [2.24, 2.45) is 0 Å². The predicted molar refractivity (Wildman–Crippen MR) is 117 cm³/mol. The van der Waals surface area contributed by atoms with Crippen LogP contribution >= 0.6 is 22.9 Å². The Morgan fingerprint density at radius 1 is 1.16 bits per heavy atom. The smallest absolute Gasteiger partial charge is 0.338 e. The van der Waals surface area contributed by atoms with E-state index in [1.54, 1.807) is 48.8 Å². The third-order valence-corrected chi connectivity index (χ3v) is 5.51. The maximum Gasteiger partial charge on any atom is 0.338 e. The molecule has 1 aliphatic heterocycles. The van der Waals surface area contributed by atoms with Crippen LogP contribution in [-0.2, 0) is 16.1 Å². The standard InChI is InChI=1S/C22H18ClN3O4S/c23-16-2-1-3-17(10-16)29-12-18-19(21(27)30-11-14-6-9-31-13-14)20(26-22(28)25-18)15-4-7-24-8-5-15/h1-10,13,20H,11-12H2,(H2,25,26,28). The van der Waals surface area contributed by atoms with Gasteiger partial charge in [-0.1, -0.05) is 17.7 Å². The summed E-state index contributed by atoms with van der Waals surface area (Å²) in [6.07, 6.45) is 3.19. The lowest BCUT2D eigenvalue weighted by molar-refractivity contribution is -0.140. The number of amides is 2. The van der Waals surface area contributed by atoms with Crippen LogP contribution in [0.2, 0.25) is 5.02 Å². The van der Waals surface area contributed by atoms with Crippen LogP contribution in [0.5, 0.6) is 5.75 Å². The first kappa shape index (κ1) is 20.9. The maximum absolute atomic E-state index is 13.1. The molecule has 1 aliphatic rings. The number of carbonyl (C=O) groups excluding carboxylic acids is 2. The van der Waals surface area contributed by atoms with Gasteiger partial charge in [0.2, 0.25) is 0 Å². The lowest BCUT2D eigenvalue weighted by atomic mass is 9.96. The molecular formula is C22H18ClN3O4S. The molecule has 2 N–H and O–H groups in total. The molecule has 0 aliphatic carbocycles. The zero-order chi connectivity index (χ0) is 21.6. The Morgan fingerprint density at radius 3 is 2.74 bits per heavy atom. The van der Waals surface area contributed by atoms with Gasteiger partial charge in [-0.2, -0.15) is 11.3 Å². The van der Waals surface area contributed by atoms with Gasteiger partial charge < -0.3 is 20.1 Å². The fraction of sp³-hybridized carbons (Fsp3) is 0.136. The Hall–Kier alpha value is -3.36. The van der Waals surface area contributed by atoms with E-state index in [4.69, 9.17) is 21.1 Å². The van der Waals surface area contributed by atoms with Crippen LogP contribution in [0.1, 0.15) is 17.2 Å². The Balaban J connectivity index is 1.64. The highest BCUT2D eigenvalue weighted by atomic mass is 35.5. The van der Waals surface area contributed by atoms with E-state index in [2.05, 4.69) is 15.6 Å². The average molecular weight is 456 g/mol. The van der Waals surface area contributed by atoms with Gasteiger partial charge in [0, 0.05) is 23.0 Å². The van der Waals surface area contributed by atoms with Gasteiger partial charge in [-0.3, -0.25) is 4.98 Å². The molecule has 2 amide bonds. The molecule has 0 spiro atoms. The van der Waals surface area contributed by atoms with Gasteiger partial charge in [-0.25, -0.2) is 9.59 Å². The van der Waals surface area contributed by atoms with Gasteiger partial charge in [0.25, 0.3) is 0 Å². The minimum Gasteiger partial charge on any atom is -0.487 e. The van der Waals surface area contributed by atoms with E-state index in [0.29, 0.717) is 22.0 Å². The molecule has 0 fully saturated rings. The molecule has 7 nitrogen and oxygen atoms in total. The molecule has 3 heterocycles. The summed E-state index contributed by atoms with van der Waals surface area (Å²) in [7, 11) is 0. The zero-order valence-corrected chi connectivity index (χ0v) is 17.8. The van der Waals surface area contributed by atoms with Crippen LogP contribution in [0, 0.1) is 0 Å². The monoisotopic (exact) mass is 455 g/mol. The summed E-state index contributed by atoms with van der Waals surface area (Å²) in [6.45, 7) is 0.0868. The average Bonchev–Trinajstić information content (AvgIpc) is 3.30. The van der Waals surface area contributed by atoms with Crippen LogP contribution in [-0.4, -0.2) is 23.6 Å². The van der Waals surface area contributed by atoms with Crippen molar-refractivity contribution in [2.45, 2.75) is 12.6 Å². The second kappa shape index (κ2) is 9.63. The highest BCUT2D eigenvalue weighted by Gasteiger charge is 2.34. The molecule has 0 bridgehead atoms. The molecule has 4 rings (SSSR count). The van der Waals surface area contributed by atoms with Crippen LogP contribution < -0.4 is 15.4 Å². The van der Waals surface area contributed by atoms with Crippen molar-refractivity contribution in [2.75, 3.05) is 6.61 Å². The summed E-state index contributed by atoms with van der Waals surface area (Å²) in [6, 6.07) is 11.1. The molecule has 3 aromatic rings. The first-order chi connectivity index (χ1) is 15.1. The number of hydrogen-bond donors (Lipinski definition) is 2. The fourth-order valence-corrected chi connectivity index (χ4v) is 3.93. The van der Waals surface area contributed by atoms with Crippen LogP contribution in [0.15, 0.2) is 76.9 Å². The number of carbonyl (C=O) groups is 2. The molecule has 9 heteroatoms. The lowest BCUT2D eigenvalue weighted by Gasteiger charge is -2.29. The number of hydrogen-bond acceptors (Lipinski definition) is 6. The van der Waals surface area contributed by atoms with E-state index in [1.165, 1.54) is 11.3 Å². The number of nitrogens with zero attached hydrogens (tertiary/aromatic N) is 1. The second-order valence-electron chi connectivity index (χ2n) is 6.66. The third-order valence-electron chi connectivity index (χ3n) is 4.54. The quantitative estimate of drug-likeness (QED) is 0.520. The molecule has 158 valence electrons. The molecule has 31 heavy (non-hydrogen) atoms. The Labute approximate surface area is 187 Å². The zero-order valence-electron chi connectivity index (χ0n) is 16.2. The van der Waals surface area contributed by atoms with Gasteiger partial charge in [0.05, 0.1) is 17.3 Å². The number of urea groups is 1. The van der Waals surface area contributed by atoms with E-state index < -0.39 is 18.0 Å². The van der Waals surface area contributed by atoms with Crippen LogP contribution in [0.3, 0.4) is 0 Å². The van der Waals surface area contributed by atoms with E-state index in [-0.39, 0.29) is 18.8 Å². The minimum absolute atomic E-state index is 0.0434. The highest BCUT2D eigenvalue weighted by Crippen LogP contribution is 2.28. The molecular weight excluding hydrogens is 438 g/mol. The number of nitrogens with one attached hydrogen (secondary N) is 2. The summed E-state index contributed by atoms with van der Waals surface area (Å²) >= 11 is 7.53. The van der Waals surface area contributed by atoms with Crippen molar-refractivity contribution < 1.29 is 19.1 Å². The van der Waals surface area contributed by atoms with Gasteiger partial charge in [0.15, 0.2) is 0 Å². The summed E-state index contributed by atoms with van der Waals surface area (Å²) in [5.41, 5.74) is 2.18. The number of ether oxygens (including phenoxy) is 2. The summed E-state index contributed by atoms with van der Waals surface area (Å²) in [5, 5.41) is 9.81. The lowest BCUT2D eigenvalue weighted by Crippen LogP contribution is -2.47. The van der Waals surface area contributed by atoms with Gasteiger partial charge in [-0.15, -0.1) is 0 Å². The van der Waals surface area contributed by atoms with Crippen LogP contribution in [0.4, 0.5) is 4.79 Å². The molecule has 2 aromatic heterocycles. The van der Waals surface area contributed by atoms with Crippen molar-refractivity contribution >= 4 is 34.9 Å². The molecule has 1 atom stereocenters. The number of pyridine rings is 1.